The van der Waals surface area contributed by atoms with E-state index in [0.29, 0.717) is 0 Å². The summed E-state index contributed by atoms with van der Waals surface area (Å²) in [6.45, 7) is 0. The molecule has 0 radical (unpaired) electrons. The van der Waals surface area contributed by atoms with Crippen LogP contribution in [0.5, 0.6) is 0 Å². The molecule has 1 saturated carbocycles. The summed E-state index contributed by atoms with van der Waals surface area (Å²) in [6.07, 6.45) is -0.840. The van der Waals surface area contributed by atoms with Crippen molar-refractivity contribution >= 4 is 5.97 Å². The summed E-state index contributed by atoms with van der Waals surface area (Å²) >= 11 is 0. The normalized spacial score (nSPS) is 37.9. The Balaban J connectivity index is 2.33. The van der Waals surface area contributed by atoms with Crippen LogP contribution in [0.2, 0.25) is 0 Å². The summed E-state index contributed by atoms with van der Waals surface area (Å²) in [7, 11) is 0. The lowest BCUT2D eigenvalue weighted by Gasteiger charge is -1.77. The minimum atomic E-state index is -1.06. The SMILES string of the molecule is O=C(O)C1C[C@H]1F. The molecule has 2 atom stereocenters. The highest BCUT2D eigenvalue weighted by Gasteiger charge is 2.43. The molecule has 0 saturated heterocycles. The smallest absolute Gasteiger partial charge is 0.309 e. The third-order valence-electron chi connectivity index (χ3n) is 1.03. The fourth-order valence-corrected chi connectivity index (χ4v) is 0.420. The lowest BCUT2D eigenvalue weighted by Crippen LogP contribution is -1.98. The average Bonchev–Trinajstić information content (AvgIpc) is 2.17. The quantitative estimate of drug-likeness (QED) is 0.523. The van der Waals surface area contributed by atoms with Crippen molar-refractivity contribution < 1.29 is 14.3 Å². The summed E-state index contributed by atoms with van der Waals surface area (Å²) in [5.41, 5.74) is 0. The highest BCUT2D eigenvalue weighted by Crippen LogP contribution is 2.33. The summed E-state index contributed by atoms with van der Waals surface area (Å²) < 4.78 is 11.6. The zero-order valence-corrected chi connectivity index (χ0v) is 3.60. The van der Waals surface area contributed by atoms with Crippen LogP contribution in [-0.4, -0.2) is 17.2 Å². The zero-order valence-electron chi connectivity index (χ0n) is 3.60. The van der Waals surface area contributed by atoms with Crippen LogP contribution in [-0.2, 0) is 4.79 Å². The largest absolute Gasteiger partial charge is 0.481 e. The standard InChI is InChI=1S/C4H5FO2/c5-3-1-2(3)4(6)7/h2-3H,1H2,(H,6,7)/t2?,3-/m1/s1. The predicted molar refractivity (Wildman–Crippen MR) is 20.6 cm³/mol. The van der Waals surface area contributed by atoms with Gasteiger partial charge in [-0.05, 0) is 6.42 Å². The second-order valence-electron chi connectivity index (χ2n) is 1.70. The first-order valence-corrected chi connectivity index (χ1v) is 2.08. The Morgan fingerprint density at radius 1 is 1.86 bits per heavy atom. The van der Waals surface area contributed by atoms with E-state index in [2.05, 4.69) is 0 Å². The molecule has 0 amide bonds. The van der Waals surface area contributed by atoms with Crippen LogP contribution in [0.4, 0.5) is 4.39 Å². The van der Waals surface area contributed by atoms with E-state index in [0.717, 1.165) is 0 Å². The Morgan fingerprint density at radius 3 is 2.29 bits per heavy atom. The molecule has 1 N–H and O–H groups in total. The molecule has 1 rings (SSSR count). The van der Waals surface area contributed by atoms with Gasteiger partial charge in [0.1, 0.15) is 6.17 Å². The molecule has 0 aromatic carbocycles. The first-order chi connectivity index (χ1) is 3.22. The fraction of sp³-hybridized carbons (Fsp3) is 0.750. The third-order valence-corrected chi connectivity index (χ3v) is 1.03. The Hall–Kier alpha value is -0.600. The number of carboxylic acid groups (broad SMARTS) is 1. The van der Waals surface area contributed by atoms with Crippen molar-refractivity contribution in [1.29, 1.82) is 0 Å². The molecule has 0 aromatic rings. The van der Waals surface area contributed by atoms with Gasteiger partial charge in [0, 0.05) is 0 Å². The molecule has 1 aliphatic carbocycles. The number of hydrogen-bond donors (Lipinski definition) is 1. The maximum Gasteiger partial charge on any atom is 0.309 e. The maximum atomic E-state index is 11.6. The van der Waals surface area contributed by atoms with Gasteiger partial charge in [0.15, 0.2) is 0 Å². The van der Waals surface area contributed by atoms with Crippen LogP contribution >= 0.6 is 0 Å². The number of aliphatic carboxylic acids is 1. The second-order valence-corrected chi connectivity index (χ2v) is 1.70. The number of carboxylic acids is 1. The van der Waals surface area contributed by atoms with Crippen LogP contribution in [0.3, 0.4) is 0 Å². The van der Waals surface area contributed by atoms with E-state index in [-0.39, 0.29) is 6.42 Å². The van der Waals surface area contributed by atoms with Gasteiger partial charge in [-0.3, -0.25) is 4.79 Å². The molecule has 3 heteroatoms. The molecule has 0 bridgehead atoms. The lowest BCUT2D eigenvalue weighted by molar-refractivity contribution is -0.138. The molecule has 0 aromatic heterocycles. The van der Waals surface area contributed by atoms with Crippen molar-refractivity contribution in [3.05, 3.63) is 0 Å². The molecule has 2 nitrogen and oxygen atoms in total. The molecular weight excluding hydrogens is 99.0 g/mol. The number of rotatable bonds is 1. The van der Waals surface area contributed by atoms with Crippen LogP contribution in [0, 0.1) is 5.92 Å². The Morgan fingerprint density at radius 2 is 2.29 bits per heavy atom. The lowest BCUT2D eigenvalue weighted by atomic mass is 10.4. The van der Waals surface area contributed by atoms with Crippen LogP contribution < -0.4 is 0 Å². The van der Waals surface area contributed by atoms with E-state index in [1.54, 1.807) is 0 Å². The van der Waals surface area contributed by atoms with Crippen LogP contribution in [0.15, 0.2) is 0 Å². The molecule has 0 heterocycles. The Kier molecular flexibility index (Phi) is 0.770. The van der Waals surface area contributed by atoms with Crippen molar-refractivity contribution in [3.63, 3.8) is 0 Å². The number of hydrogen-bond acceptors (Lipinski definition) is 1. The molecule has 7 heavy (non-hydrogen) atoms. The summed E-state index contributed by atoms with van der Waals surface area (Å²) in [5.74, 6) is -1.69. The Bertz CT molecular complexity index is 102. The van der Waals surface area contributed by atoms with Crippen LogP contribution in [0.25, 0.3) is 0 Å². The van der Waals surface area contributed by atoms with Crippen LogP contribution in [0.1, 0.15) is 6.42 Å². The first-order valence-electron chi connectivity index (χ1n) is 2.08. The molecular formula is C4H5FO2. The van der Waals surface area contributed by atoms with Crippen molar-refractivity contribution in [3.8, 4) is 0 Å². The maximum absolute atomic E-state index is 11.6. The molecule has 40 valence electrons. The van der Waals surface area contributed by atoms with Gasteiger partial charge in [0.2, 0.25) is 0 Å². The molecule has 1 fully saturated rings. The molecule has 0 aliphatic heterocycles. The van der Waals surface area contributed by atoms with Gasteiger partial charge in [-0.15, -0.1) is 0 Å². The van der Waals surface area contributed by atoms with E-state index in [1.807, 2.05) is 0 Å². The third kappa shape index (κ3) is 0.706. The fourth-order valence-electron chi connectivity index (χ4n) is 0.420. The predicted octanol–water partition coefficient (Wildman–Crippen LogP) is 0.429. The number of alkyl halides is 1. The van der Waals surface area contributed by atoms with E-state index in [9.17, 15) is 9.18 Å². The van der Waals surface area contributed by atoms with Crippen molar-refractivity contribution in [2.75, 3.05) is 0 Å². The van der Waals surface area contributed by atoms with Crippen molar-refractivity contribution in [2.24, 2.45) is 5.92 Å². The van der Waals surface area contributed by atoms with Crippen molar-refractivity contribution in [2.45, 2.75) is 12.6 Å². The van der Waals surface area contributed by atoms with Gasteiger partial charge in [-0.1, -0.05) is 0 Å². The Labute approximate surface area is 39.9 Å². The van der Waals surface area contributed by atoms with Crippen molar-refractivity contribution in [1.82, 2.24) is 0 Å². The minimum Gasteiger partial charge on any atom is -0.481 e. The van der Waals surface area contributed by atoms with Gasteiger partial charge in [-0.25, -0.2) is 4.39 Å². The van der Waals surface area contributed by atoms with E-state index in [4.69, 9.17) is 5.11 Å². The van der Waals surface area contributed by atoms with E-state index >= 15 is 0 Å². The monoisotopic (exact) mass is 104 g/mol. The summed E-state index contributed by atoms with van der Waals surface area (Å²) in [5, 5.41) is 7.98. The topological polar surface area (TPSA) is 37.3 Å². The second kappa shape index (κ2) is 1.18. The molecule has 1 aliphatic rings. The number of halogens is 1. The molecule has 1 unspecified atom stereocenters. The van der Waals surface area contributed by atoms with Gasteiger partial charge in [-0.2, -0.15) is 0 Å². The molecule has 0 spiro atoms. The average molecular weight is 104 g/mol. The highest BCUT2D eigenvalue weighted by atomic mass is 19.1. The zero-order chi connectivity index (χ0) is 5.44. The van der Waals surface area contributed by atoms with Gasteiger partial charge < -0.3 is 5.11 Å². The van der Waals surface area contributed by atoms with E-state index < -0.39 is 18.1 Å². The van der Waals surface area contributed by atoms with E-state index in [1.165, 1.54) is 0 Å². The first kappa shape index (κ1) is 4.56. The summed E-state index contributed by atoms with van der Waals surface area (Å²) in [6, 6.07) is 0. The van der Waals surface area contributed by atoms with Gasteiger partial charge >= 0.3 is 5.97 Å². The van der Waals surface area contributed by atoms with Gasteiger partial charge in [0.25, 0.3) is 0 Å². The van der Waals surface area contributed by atoms with Gasteiger partial charge in [0.05, 0.1) is 5.92 Å². The highest BCUT2D eigenvalue weighted by molar-refractivity contribution is 5.73. The summed E-state index contributed by atoms with van der Waals surface area (Å²) in [4.78, 5) is 9.73. The number of carbonyl (C=O) groups is 1. The minimum absolute atomic E-state index is 0.218.